The van der Waals surface area contributed by atoms with Crippen LogP contribution < -0.4 is 10.5 Å². The molecule has 3 nitrogen and oxygen atoms in total. The maximum atomic E-state index is 9.98. The second-order valence-electron chi connectivity index (χ2n) is 4.07. The van der Waals surface area contributed by atoms with Gasteiger partial charge in [-0.15, -0.1) is 0 Å². The van der Waals surface area contributed by atoms with Gasteiger partial charge in [-0.3, -0.25) is 0 Å². The number of benzene rings is 2. The maximum absolute atomic E-state index is 9.98. The molecule has 3 N–H and O–H groups in total. The van der Waals surface area contributed by atoms with E-state index in [1.165, 1.54) is 0 Å². The Labute approximate surface area is 161 Å². The van der Waals surface area contributed by atoms with Crippen LogP contribution in [0.2, 0.25) is 0 Å². The number of hydrogen-bond acceptors (Lipinski definition) is 3. The SMILES string of the molecule is CC.CC.NC[C@H](O)[C@@H](Oc1ccccc1)c1ccccc1.S.S. The van der Waals surface area contributed by atoms with E-state index in [1.54, 1.807) is 0 Å². The molecule has 0 radical (unpaired) electrons. The molecule has 0 aliphatic rings. The third-order valence-electron chi connectivity index (χ3n) is 2.73. The molecule has 0 bridgehead atoms. The molecule has 0 aliphatic carbocycles. The van der Waals surface area contributed by atoms with Gasteiger partial charge in [0.25, 0.3) is 0 Å². The van der Waals surface area contributed by atoms with E-state index >= 15 is 0 Å². The van der Waals surface area contributed by atoms with Gasteiger partial charge < -0.3 is 15.6 Å². The molecule has 24 heavy (non-hydrogen) atoms. The molecule has 0 saturated heterocycles. The number of aliphatic hydroxyl groups excluding tert-OH is 1. The van der Waals surface area contributed by atoms with Gasteiger partial charge in [0.15, 0.2) is 6.10 Å². The van der Waals surface area contributed by atoms with E-state index in [9.17, 15) is 5.11 Å². The molecule has 0 amide bonds. The Morgan fingerprint density at radius 3 is 1.67 bits per heavy atom. The molecule has 0 saturated carbocycles. The predicted molar refractivity (Wildman–Crippen MR) is 115 cm³/mol. The van der Waals surface area contributed by atoms with Crippen LogP contribution >= 0.6 is 27.0 Å². The minimum atomic E-state index is -0.729. The number of para-hydroxylation sites is 1. The molecule has 5 heteroatoms. The Morgan fingerprint density at radius 1 is 0.833 bits per heavy atom. The Hall–Kier alpha value is -1.14. The average molecular weight is 372 g/mol. The highest BCUT2D eigenvalue weighted by atomic mass is 32.1. The van der Waals surface area contributed by atoms with Gasteiger partial charge in [0.05, 0.1) is 0 Å². The van der Waals surface area contributed by atoms with Crippen molar-refractivity contribution in [3.05, 3.63) is 66.2 Å². The van der Waals surface area contributed by atoms with E-state index in [2.05, 4.69) is 0 Å². The summed E-state index contributed by atoms with van der Waals surface area (Å²) in [6.07, 6.45) is -1.17. The fourth-order valence-electron chi connectivity index (χ4n) is 1.78. The largest absolute Gasteiger partial charge is 0.483 e. The van der Waals surface area contributed by atoms with Crippen LogP contribution in [-0.4, -0.2) is 17.8 Å². The number of aliphatic hydroxyl groups is 1. The molecule has 0 aliphatic heterocycles. The third-order valence-corrected chi connectivity index (χ3v) is 2.73. The van der Waals surface area contributed by atoms with E-state index in [-0.39, 0.29) is 33.5 Å². The van der Waals surface area contributed by atoms with Crippen LogP contribution in [0.1, 0.15) is 39.4 Å². The van der Waals surface area contributed by atoms with E-state index in [0.717, 1.165) is 11.3 Å². The molecule has 2 aromatic carbocycles. The van der Waals surface area contributed by atoms with Gasteiger partial charge in [-0.25, -0.2) is 0 Å². The van der Waals surface area contributed by atoms with Crippen molar-refractivity contribution in [2.75, 3.05) is 6.54 Å². The van der Waals surface area contributed by atoms with Crippen LogP contribution in [-0.2, 0) is 0 Å². The highest BCUT2D eigenvalue weighted by Gasteiger charge is 2.21. The number of hydrogen-bond donors (Lipinski definition) is 2. The van der Waals surface area contributed by atoms with Crippen molar-refractivity contribution in [3.63, 3.8) is 0 Å². The molecule has 0 unspecified atom stereocenters. The summed E-state index contributed by atoms with van der Waals surface area (Å²) in [6.45, 7) is 8.16. The lowest BCUT2D eigenvalue weighted by Crippen LogP contribution is -2.30. The summed E-state index contributed by atoms with van der Waals surface area (Å²) in [6, 6.07) is 19.0. The maximum Gasteiger partial charge on any atom is 0.151 e. The van der Waals surface area contributed by atoms with E-state index in [0.29, 0.717) is 0 Å². The molecule has 138 valence electrons. The van der Waals surface area contributed by atoms with Gasteiger partial charge in [-0.05, 0) is 17.7 Å². The summed E-state index contributed by atoms with van der Waals surface area (Å²) >= 11 is 0. The number of ether oxygens (including phenoxy) is 1. The van der Waals surface area contributed by atoms with Crippen LogP contribution in [0.3, 0.4) is 0 Å². The highest BCUT2D eigenvalue weighted by Crippen LogP contribution is 2.24. The third kappa shape index (κ3) is 9.88. The monoisotopic (exact) mass is 371 g/mol. The van der Waals surface area contributed by atoms with Gasteiger partial charge in [0.1, 0.15) is 11.9 Å². The molecule has 0 heterocycles. The quantitative estimate of drug-likeness (QED) is 0.819. The lowest BCUT2D eigenvalue weighted by Gasteiger charge is -2.23. The smallest absolute Gasteiger partial charge is 0.151 e. The van der Waals surface area contributed by atoms with Gasteiger partial charge in [-0.1, -0.05) is 76.2 Å². The molecular formula is C19H33NO2S2. The molecule has 2 atom stereocenters. The summed E-state index contributed by atoms with van der Waals surface area (Å²) in [7, 11) is 0. The standard InChI is InChI=1S/C15H17NO2.2C2H6.2H2S/c16-11-14(17)15(12-7-3-1-4-8-12)18-13-9-5-2-6-10-13;2*1-2;;/h1-10,14-15,17H,11,16H2;2*1-2H3;2*1H2/t14-,15-;;;;/m0..../s1. The second kappa shape index (κ2) is 18.2. The van der Waals surface area contributed by atoms with Crippen LogP contribution in [0.25, 0.3) is 0 Å². The van der Waals surface area contributed by atoms with Gasteiger partial charge in [0.2, 0.25) is 0 Å². The predicted octanol–water partition coefficient (Wildman–Crippen LogP) is 4.40. The first-order valence-corrected chi connectivity index (χ1v) is 7.96. The van der Waals surface area contributed by atoms with Crippen molar-refractivity contribution in [2.45, 2.75) is 39.9 Å². The summed E-state index contributed by atoms with van der Waals surface area (Å²) in [5.74, 6) is 0.721. The van der Waals surface area contributed by atoms with Crippen LogP contribution in [0, 0.1) is 0 Å². The van der Waals surface area contributed by atoms with E-state index in [1.807, 2.05) is 88.4 Å². The molecular weight excluding hydrogens is 338 g/mol. The van der Waals surface area contributed by atoms with Crippen LogP contribution in [0.5, 0.6) is 5.75 Å². The minimum absolute atomic E-state index is 0. The normalized spacial score (nSPS) is 10.9. The Balaban J connectivity index is -0.000000684. The second-order valence-corrected chi connectivity index (χ2v) is 4.07. The van der Waals surface area contributed by atoms with Crippen molar-refractivity contribution in [1.82, 2.24) is 0 Å². The molecule has 2 aromatic rings. The van der Waals surface area contributed by atoms with Gasteiger partial charge in [0, 0.05) is 6.54 Å². The zero-order chi connectivity index (χ0) is 16.8. The fraction of sp³-hybridized carbons (Fsp3) is 0.368. The first-order valence-electron chi connectivity index (χ1n) is 7.96. The lowest BCUT2D eigenvalue weighted by molar-refractivity contribution is 0.0414. The van der Waals surface area contributed by atoms with Crippen molar-refractivity contribution >= 4 is 27.0 Å². The van der Waals surface area contributed by atoms with Crippen molar-refractivity contribution in [1.29, 1.82) is 0 Å². The zero-order valence-corrected chi connectivity index (χ0v) is 17.1. The summed E-state index contributed by atoms with van der Waals surface area (Å²) in [5, 5.41) is 9.98. The van der Waals surface area contributed by atoms with Crippen molar-refractivity contribution in [3.8, 4) is 5.75 Å². The average Bonchev–Trinajstić information content (AvgIpc) is 2.64. The Kier molecular flexibility index (Phi) is 21.0. The summed E-state index contributed by atoms with van der Waals surface area (Å²) in [5.41, 5.74) is 6.45. The van der Waals surface area contributed by atoms with E-state index < -0.39 is 12.2 Å². The Bertz CT molecular complexity index is 469. The summed E-state index contributed by atoms with van der Waals surface area (Å²) < 4.78 is 5.82. The van der Waals surface area contributed by atoms with Crippen LogP contribution in [0.15, 0.2) is 60.7 Å². The molecule has 2 rings (SSSR count). The van der Waals surface area contributed by atoms with Crippen molar-refractivity contribution in [2.24, 2.45) is 5.73 Å². The highest BCUT2D eigenvalue weighted by molar-refractivity contribution is 7.59. The fourth-order valence-corrected chi connectivity index (χ4v) is 1.78. The first-order chi connectivity index (χ1) is 10.8. The molecule has 0 spiro atoms. The van der Waals surface area contributed by atoms with Gasteiger partial charge in [-0.2, -0.15) is 27.0 Å². The Morgan fingerprint density at radius 2 is 1.25 bits per heavy atom. The zero-order valence-electron chi connectivity index (χ0n) is 15.1. The topological polar surface area (TPSA) is 55.5 Å². The molecule has 0 aromatic heterocycles. The van der Waals surface area contributed by atoms with Crippen LogP contribution in [0.4, 0.5) is 0 Å². The van der Waals surface area contributed by atoms with Gasteiger partial charge >= 0.3 is 0 Å². The lowest BCUT2D eigenvalue weighted by atomic mass is 10.0. The molecule has 0 fully saturated rings. The number of nitrogens with two attached hydrogens (primary N) is 1. The first kappa shape index (κ1) is 27.7. The summed E-state index contributed by atoms with van der Waals surface area (Å²) in [4.78, 5) is 0. The number of rotatable bonds is 5. The van der Waals surface area contributed by atoms with E-state index in [4.69, 9.17) is 10.5 Å². The minimum Gasteiger partial charge on any atom is -0.483 e. The van der Waals surface area contributed by atoms with Crippen molar-refractivity contribution < 1.29 is 9.84 Å².